The number of anilines is 1. The molecule has 1 atom stereocenters. The van der Waals surface area contributed by atoms with E-state index in [1.165, 1.54) is 26.4 Å². The van der Waals surface area contributed by atoms with Crippen LogP contribution in [0.5, 0.6) is 0 Å². The van der Waals surface area contributed by atoms with Crippen molar-refractivity contribution in [1.29, 1.82) is 0 Å². The molecule has 0 radical (unpaired) electrons. The number of aliphatic hydroxyl groups is 1. The fourth-order valence-electron chi connectivity index (χ4n) is 1.16. The first-order valence-electron chi connectivity index (χ1n) is 5.15. The molecule has 8 nitrogen and oxygen atoms in total. The minimum absolute atomic E-state index is 0.0399. The van der Waals surface area contributed by atoms with Gasteiger partial charge in [-0.25, -0.2) is 0 Å². The number of nitrogens with one attached hydrogen (secondary N) is 2. The van der Waals surface area contributed by atoms with Crippen molar-refractivity contribution in [2.75, 3.05) is 25.6 Å². The number of ether oxygens (including phenoxy) is 1. The van der Waals surface area contributed by atoms with Crippen molar-refractivity contribution >= 4 is 17.6 Å². The molecule has 0 spiro atoms. The first-order chi connectivity index (χ1) is 8.44. The van der Waals surface area contributed by atoms with E-state index in [9.17, 15) is 14.7 Å². The van der Waals surface area contributed by atoms with Crippen LogP contribution in [-0.2, 0) is 14.3 Å². The maximum Gasteiger partial charge on any atom is 0.314 e. The zero-order valence-electron chi connectivity index (χ0n) is 10.1. The van der Waals surface area contributed by atoms with E-state index >= 15 is 0 Å². The Morgan fingerprint density at radius 1 is 1.56 bits per heavy atom. The van der Waals surface area contributed by atoms with Crippen molar-refractivity contribution in [3.63, 3.8) is 0 Å². The molecule has 3 N–H and O–H groups in total. The monoisotopic (exact) mass is 257 g/mol. The van der Waals surface area contributed by atoms with Gasteiger partial charge in [0, 0.05) is 19.7 Å². The molecule has 1 aromatic rings. The van der Waals surface area contributed by atoms with E-state index in [-0.39, 0.29) is 19.0 Å². The van der Waals surface area contributed by atoms with Crippen molar-refractivity contribution in [1.82, 2.24) is 10.5 Å². The van der Waals surface area contributed by atoms with Crippen LogP contribution < -0.4 is 10.6 Å². The third-order valence-electron chi connectivity index (χ3n) is 1.97. The molecule has 0 bridgehead atoms. The Kier molecular flexibility index (Phi) is 4.81. The van der Waals surface area contributed by atoms with Gasteiger partial charge in [0.2, 0.25) is 0 Å². The summed E-state index contributed by atoms with van der Waals surface area (Å²) in [6, 6.07) is 1.40. The average Bonchev–Trinajstić information content (AvgIpc) is 2.78. The lowest BCUT2D eigenvalue weighted by Crippen LogP contribution is -2.46. The molecule has 0 unspecified atom stereocenters. The number of nitrogens with zero attached hydrogens (tertiary/aromatic N) is 1. The zero-order valence-corrected chi connectivity index (χ0v) is 10.1. The highest BCUT2D eigenvalue weighted by Crippen LogP contribution is 2.02. The first kappa shape index (κ1) is 14.1. The fraction of sp³-hybridized carbons (Fsp3) is 0.500. The van der Waals surface area contributed by atoms with Gasteiger partial charge in [-0.3, -0.25) is 14.9 Å². The lowest BCUT2D eigenvalue weighted by Gasteiger charge is -2.22. The minimum atomic E-state index is -1.24. The molecule has 0 aliphatic carbocycles. The zero-order chi connectivity index (χ0) is 13.6. The van der Waals surface area contributed by atoms with Gasteiger partial charge in [0.15, 0.2) is 5.82 Å². The van der Waals surface area contributed by atoms with Crippen LogP contribution >= 0.6 is 0 Å². The van der Waals surface area contributed by atoms with Crippen LogP contribution in [-0.4, -0.2) is 47.9 Å². The highest BCUT2D eigenvalue weighted by Gasteiger charge is 2.23. The smallest absolute Gasteiger partial charge is 0.314 e. The van der Waals surface area contributed by atoms with Crippen LogP contribution in [0.3, 0.4) is 0 Å². The minimum Gasteiger partial charge on any atom is -0.386 e. The second-order valence-electron chi connectivity index (χ2n) is 3.95. The van der Waals surface area contributed by atoms with Crippen molar-refractivity contribution in [3.05, 3.63) is 12.3 Å². The third kappa shape index (κ3) is 4.52. The lowest BCUT2D eigenvalue weighted by molar-refractivity contribution is -0.137. The van der Waals surface area contributed by atoms with E-state index in [1.54, 1.807) is 0 Å². The first-order valence-corrected chi connectivity index (χ1v) is 5.15. The number of methoxy groups -OCH3 is 1. The molecule has 0 saturated carbocycles. The van der Waals surface area contributed by atoms with Gasteiger partial charge in [-0.15, -0.1) is 0 Å². The summed E-state index contributed by atoms with van der Waals surface area (Å²) in [5.41, 5.74) is -1.24. The van der Waals surface area contributed by atoms with Gasteiger partial charge in [0.05, 0.1) is 6.61 Å². The molecule has 0 aromatic carbocycles. The van der Waals surface area contributed by atoms with E-state index in [4.69, 9.17) is 4.74 Å². The highest BCUT2D eigenvalue weighted by molar-refractivity contribution is 6.39. The normalized spacial score (nSPS) is 13.7. The average molecular weight is 257 g/mol. The van der Waals surface area contributed by atoms with Gasteiger partial charge in [0.25, 0.3) is 0 Å². The van der Waals surface area contributed by atoms with Gasteiger partial charge in [-0.05, 0) is 6.92 Å². The van der Waals surface area contributed by atoms with Crippen LogP contribution in [0.25, 0.3) is 0 Å². The number of rotatable bonds is 5. The largest absolute Gasteiger partial charge is 0.386 e. The van der Waals surface area contributed by atoms with Gasteiger partial charge in [0.1, 0.15) is 11.9 Å². The Morgan fingerprint density at radius 3 is 2.83 bits per heavy atom. The maximum absolute atomic E-state index is 11.4. The van der Waals surface area contributed by atoms with Crippen molar-refractivity contribution < 1.29 is 24.0 Å². The molecule has 2 amide bonds. The predicted octanol–water partition coefficient (Wildman–Crippen LogP) is -0.873. The molecular weight excluding hydrogens is 242 g/mol. The maximum atomic E-state index is 11.4. The van der Waals surface area contributed by atoms with Crippen LogP contribution in [0.2, 0.25) is 0 Å². The molecule has 1 heterocycles. The topological polar surface area (TPSA) is 114 Å². The van der Waals surface area contributed by atoms with E-state index < -0.39 is 17.4 Å². The lowest BCUT2D eigenvalue weighted by atomic mass is 10.1. The fourth-order valence-corrected chi connectivity index (χ4v) is 1.16. The van der Waals surface area contributed by atoms with E-state index in [0.29, 0.717) is 0 Å². The summed E-state index contributed by atoms with van der Waals surface area (Å²) < 4.78 is 9.25. The SMILES string of the molecule is COC[C@@](C)(O)CNC(=O)C(=O)Nc1ccon1. The number of aromatic nitrogens is 1. The second kappa shape index (κ2) is 6.12. The Morgan fingerprint density at radius 2 is 2.28 bits per heavy atom. The third-order valence-corrected chi connectivity index (χ3v) is 1.97. The summed E-state index contributed by atoms with van der Waals surface area (Å²) in [6.07, 6.45) is 1.26. The summed E-state index contributed by atoms with van der Waals surface area (Å²) in [5.74, 6) is -1.63. The molecule has 1 aromatic heterocycles. The van der Waals surface area contributed by atoms with Gasteiger partial charge in [-0.1, -0.05) is 5.16 Å². The Hall–Kier alpha value is -1.93. The standard InChI is InChI=1S/C10H15N3O5/c1-10(16,6-17-2)5-11-8(14)9(15)12-7-3-4-18-13-7/h3-4,16H,5-6H2,1-2H3,(H,11,14)(H,12,13,15)/t10-/m0/s1. The number of carbonyl (C=O) groups excluding carboxylic acids is 2. The summed E-state index contributed by atoms with van der Waals surface area (Å²) >= 11 is 0. The van der Waals surface area contributed by atoms with Crippen LogP contribution in [0.4, 0.5) is 5.82 Å². The molecule has 0 aliphatic heterocycles. The summed E-state index contributed by atoms with van der Waals surface area (Å²) in [6.45, 7) is 1.41. The molecule has 0 saturated heterocycles. The van der Waals surface area contributed by atoms with Gasteiger partial charge < -0.3 is 19.7 Å². The Balaban J connectivity index is 2.39. The van der Waals surface area contributed by atoms with Gasteiger partial charge in [-0.2, -0.15) is 0 Å². The van der Waals surface area contributed by atoms with Crippen LogP contribution in [0.15, 0.2) is 16.9 Å². The van der Waals surface area contributed by atoms with E-state index in [0.717, 1.165) is 0 Å². The van der Waals surface area contributed by atoms with Crippen molar-refractivity contribution in [2.24, 2.45) is 0 Å². The van der Waals surface area contributed by atoms with Crippen LogP contribution in [0, 0.1) is 0 Å². The van der Waals surface area contributed by atoms with Crippen molar-refractivity contribution in [3.8, 4) is 0 Å². The highest BCUT2D eigenvalue weighted by atomic mass is 16.5. The van der Waals surface area contributed by atoms with Crippen molar-refractivity contribution in [2.45, 2.75) is 12.5 Å². The second-order valence-corrected chi connectivity index (χ2v) is 3.95. The molecule has 0 fully saturated rings. The van der Waals surface area contributed by atoms with E-state index in [1.807, 2.05) is 0 Å². The number of hydrogen-bond acceptors (Lipinski definition) is 6. The quantitative estimate of drug-likeness (QED) is 0.591. The van der Waals surface area contributed by atoms with Gasteiger partial charge >= 0.3 is 11.8 Å². The summed E-state index contributed by atoms with van der Waals surface area (Å²) in [4.78, 5) is 22.8. The molecule has 8 heteroatoms. The van der Waals surface area contributed by atoms with E-state index in [2.05, 4.69) is 20.3 Å². The summed E-state index contributed by atoms with van der Waals surface area (Å²) in [7, 11) is 1.42. The molecular formula is C10H15N3O5. The number of amides is 2. The Labute approximate surface area is 103 Å². The summed E-state index contributed by atoms with van der Waals surface area (Å²) in [5, 5.41) is 17.6. The number of hydrogen-bond donors (Lipinski definition) is 3. The molecule has 1 rings (SSSR count). The number of carbonyl (C=O) groups is 2. The predicted molar refractivity (Wildman–Crippen MR) is 60.6 cm³/mol. The Bertz CT molecular complexity index is 402. The molecule has 18 heavy (non-hydrogen) atoms. The molecule has 0 aliphatic rings. The molecule has 100 valence electrons. The van der Waals surface area contributed by atoms with Crippen LogP contribution in [0.1, 0.15) is 6.92 Å².